The number of ether oxygens (including phenoxy) is 1. The minimum Gasteiger partial charge on any atom is -0.493 e. The highest BCUT2D eigenvalue weighted by Gasteiger charge is 2.18. The second-order valence-corrected chi connectivity index (χ2v) is 10.8. The molecule has 34 heavy (non-hydrogen) atoms. The van der Waals surface area contributed by atoms with Crippen LogP contribution in [0.3, 0.4) is 0 Å². The van der Waals surface area contributed by atoms with Crippen LogP contribution in [-0.4, -0.2) is 32.7 Å². The lowest BCUT2D eigenvalue weighted by Crippen LogP contribution is -2.25. The molecule has 0 aliphatic carbocycles. The van der Waals surface area contributed by atoms with Crippen LogP contribution in [0.5, 0.6) is 5.75 Å². The van der Waals surface area contributed by atoms with Gasteiger partial charge in [-0.2, -0.15) is 0 Å². The molecule has 0 aromatic heterocycles. The summed E-state index contributed by atoms with van der Waals surface area (Å²) in [6.45, 7) is 6.23. The van der Waals surface area contributed by atoms with Crippen molar-refractivity contribution in [3.63, 3.8) is 0 Å². The van der Waals surface area contributed by atoms with E-state index in [2.05, 4.69) is 17.0 Å². The fourth-order valence-corrected chi connectivity index (χ4v) is 5.16. The Morgan fingerprint density at radius 2 is 1.76 bits per heavy atom. The van der Waals surface area contributed by atoms with E-state index in [0.717, 1.165) is 35.5 Å². The molecule has 3 rings (SSSR count). The van der Waals surface area contributed by atoms with Gasteiger partial charge in [-0.3, -0.25) is 4.90 Å². The van der Waals surface area contributed by atoms with E-state index < -0.39 is 15.7 Å². The fraction of sp³-hybridized carbons (Fsp3) is 0.333. The maximum absolute atomic E-state index is 14.5. The summed E-state index contributed by atoms with van der Waals surface area (Å²) in [6.07, 6.45) is 2.06. The fourth-order valence-electron chi connectivity index (χ4n) is 3.95. The van der Waals surface area contributed by atoms with Crippen LogP contribution in [0.15, 0.2) is 65.6 Å². The van der Waals surface area contributed by atoms with Crippen LogP contribution < -0.4 is 4.74 Å². The number of halogens is 2. The van der Waals surface area contributed by atoms with Gasteiger partial charge < -0.3 is 4.74 Å². The van der Waals surface area contributed by atoms with Gasteiger partial charge in [0.1, 0.15) is 11.6 Å². The molecule has 0 spiro atoms. The molecular weight excluding hydrogens is 473 g/mol. The molecule has 3 aromatic carbocycles. The van der Waals surface area contributed by atoms with Gasteiger partial charge in [-0.25, -0.2) is 12.8 Å². The van der Waals surface area contributed by atoms with Crippen molar-refractivity contribution < 1.29 is 17.5 Å². The van der Waals surface area contributed by atoms with E-state index in [1.807, 2.05) is 43.3 Å². The zero-order chi connectivity index (χ0) is 24.7. The Morgan fingerprint density at radius 1 is 1.03 bits per heavy atom. The largest absolute Gasteiger partial charge is 0.493 e. The molecule has 0 saturated carbocycles. The lowest BCUT2D eigenvalue weighted by molar-refractivity contribution is 0.221. The van der Waals surface area contributed by atoms with Gasteiger partial charge in [0.15, 0.2) is 9.84 Å². The van der Waals surface area contributed by atoms with Crippen molar-refractivity contribution in [2.24, 2.45) is 0 Å². The number of rotatable bonds is 11. The predicted molar refractivity (Wildman–Crippen MR) is 136 cm³/mol. The normalized spacial score (nSPS) is 11.7. The molecule has 0 heterocycles. The van der Waals surface area contributed by atoms with Gasteiger partial charge >= 0.3 is 0 Å². The van der Waals surface area contributed by atoms with Gasteiger partial charge in [0.25, 0.3) is 0 Å². The molecule has 0 radical (unpaired) electrons. The second-order valence-electron chi connectivity index (χ2n) is 8.45. The van der Waals surface area contributed by atoms with E-state index in [0.29, 0.717) is 26.0 Å². The Hall–Kier alpha value is -2.41. The maximum Gasteiger partial charge on any atom is 0.176 e. The second kappa shape index (κ2) is 11.8. The minimum atomic E-state index is -3.55. The number of aryl methyl sites for hydroxylation is 1. The third-order valence-corrected chi connectivity index (χ3v) is 7.39. The Kier molecular flexibility index (Phi) is 9.11. The summed E-state index contributed by atoms with van der Waals surface area (Å²) >= 11 is 6.54. The van der Waals surface area contributed by atoms with Crippen molar-refractivity contribution in [1.82, 2.24) is 4.90 Å². The summed E-state index contributed by atoms with van der Waals surface area (Å²) < 4.78 is 44.4. The van der Waals surface area contributed by atoms with Gasteiger partial charge in [0.2, 0.25) is 0 Å². The molecule has 0 bridgehead atoms. The summed E-state index contributed by atoms with van der Waals surface area (Å²) in [6, 6.07) is 18.9. The maximum atomic E-state index is 14.5. The highest BCUT2D eigenvalue weighted by molar-refractivity contribution is 7.90. The third-order valence-electron chi connectivity index (χ3n) is 5.68. The van der Waals surface area contributed by atoms with Gasteiger partial charge in [0.05, 0.1) is 11.5 Å². The van der Waals surface area contributed by atoms with Crippen molar-refractivity contribution >= 4 is 21.4 Å². The topological polar surface area (TPSA) is 46.6 Å². The highest BCUT2D eigenvalue weighted by Crippen LogP contribution is 2.27. The first-order valence-electron chi connectivity index (χ1n) is 11.3. The van der Waals surface area contributed by atoms with Crippen LogP contribution in [0, 0.1) is 12.7 Å². The number of hydrogen-bond acceptors (Lipinski definition) is 4. The van der Waals surface area contributed by atoms with Crippen molar-refractivity contribution in [1.29, 1.82) is 0 Å². The molecular formula is C27H31ClFNO3S. The molecule has 0 unspecified atom stereocenters. The van der Waals surface area contributed by atoms with Crippen molar-refractivity contribution in [2.45, 2.75) is 44.7 Å². The van der Waals surface area contributed by atoms with Crippen LogP contribution >= 0.6 is 11.6 Å². The quantitative estimate of drug-likeness (QED) is 0.291. The molecule has 182 valence electrons. The number of sulfone groups is 1. The van der Waals surface area contributed by atoms with E-state index in [4.69, 9.17) is 16.3 Å². The number of nitrogens with zero attached hydrogens (tertiary/aromatic N) is 1. The summed E-state index contributed by atoms with van der Waals surface area (Å²) in [7, 11) is -3.55. The molecule has 4 nitrogen and oxygen atoms in total. The Bertz CT molecular complexity index is 1220. The average molecular weight is 504 g/mol. The molecule has 0 aliphatic rings. The van der Waals surface area contributed by atoms with Gasteiger partial charge in [-0.05, 0) is 42.5 Å². The summed E-state index contributed by atoms with van der Waals surface area (Å²) in [5.41, 5.74) is 3.50. The van der Waals surface area contributed by atoms with E-state index in [1.165, 1.54) is 17.7 Å². The minimum absolute atomic E-state index is 0.00945. The van der Waals surface area contributed by atoms with Gasteiger partial charge in [-0.1, -0.05) is 67.1 Å². The molecule has 0 atom stereocenters. The van der Waals surface area contributed by atoms with E-state index in [9.17, 15) is 12.8 Å². The average Bonchev–Trinajstić information content (AvgIpc) is 2.79. The molecule has 0 saturated heterocycles. The third kappa shape index (κ3) is 7.05. The monoisotopic (exact) mass is 503 g/mol. The summed E-state index contributed by atoms with van der Waals surface area (Å²) in [5, 5.41) is 0.775. The van der Waals surface area contributed by atoms with Crippen molar-refractivity contribution in [2.75, 3.05) is 19.4 Å². The molecule has 0 amide bonds. The van der Waals surface area contributed by atoms with Crippen LogP contribution in [0.2, 0.25) is 5.02 Å². The number of hydrogen-bond donors (Lipinski definition) is 0. The van der Waals surface area contributed by atoms with Crippen molar-refractivity contribution in [3.05, 3.63) is 93.8 Å². The first-order chi connectivity index (χ1) is 16.2. The molecule has 0 fully saturated rings. The molecule has 7 heteroatoms. The van der Waals surface area contributed by atoms with Crippen molar-refractivity contribution in [3.8, 4) is 5.75 Å². The van der Waals surface area contributed by atoms with Gasteiger partial charge in [0, 0.05) is 42.5 Å². The van der Waals surface area contributed by atoms with Crippen LogP contribution in [0.1, 0.15) is 35.6 Å². The number of benzene rings is 3. The first-order valence-corrected chi connectivity index (χ1v) is 13.6. The highest BCUT2D eigenvalue weighted by atomic mass is 35.5. The SMILES string of the molecule is CCc1c(F)cc(OCCCN(Cc2ccccc2)Cc2cccc(C)c2Cl)cc1S(C)(=O)=O. The Morgan fingerprint density at radius 3 is 2.44 bits per heavy atom. The standard InChI is InChI=1S/C27H31ClFNO3S/c1-4-24-25(29)16-23(17-26(24)34(3,31)32)33-15-9-14-30(18-21-11-6-5-7-12-21)19-22-13-8-10-20(2)27(22)28/h5-8,10-13,16-17H,4,9,14-15,18-19H2,1-3H3. The molecule has 3 aromatic rings. The zero-order valence-corrected chi connectivity index (χ0v) is 21.4. The first kappa shape index (κ1) is 26.2. The smallest absolute Gasteiger partial charge is 0.176 e. The van der Waals surface area contributed by atoms with E-state index >= 15 is 0 Å². The van der Waals surface area contributed by atoms with E-state index in [1.54, 1.807) is 6.92 Å². The zero-order valence-electron chi connectivity index (χ0n) is 19.9. The predicted octanol–water partition coefficient (Wildman–Crippen LogP) is 6.22. The van der Waals surface area contributed by atoms with Crippen LogP contribution in [0.25, 0.3) is 0 Å². The Labute approximate surface area is 207 Å². The summed E-state index contributed by atoms with van der Waals surface area (Å²) in [5.74, 6) is -0.327. The van der Waals surface area contributed by atoms with Crippen LogP contribution in [0.4, 0.5) is 4.39 Å². The molecule has 0 aliphatic heterocycles. The van der Waals surface area contributed by atoms with Gasteiger partial charge in [-0.15, -0.1) is 0 Å². The van der Waals surface area contributed by atoms with Crippen LogP contribution in [-0.2, 0) is 29.3 Å². The van der Waals surface area contributed by atoms with E-state index in [-0.39, 0.29) is 16.2 Å². The molecule has 0 N–H and O–H groups in total. The summed E-state index contributed by atoms with van der Waals surface area (Å²) in [4.78, 5) is 2.28. The lowest BCUT2D eigenvalue weighted by atomic mass is 10.1. The lowest BCUT2D eigenvalue weighted by Gasteiger charge is -2.23. The Balaban J connectivity index is 1.68.